The molecular weight excluding hydrogens is 531 g/mol. The van der Waals surface area contributed by atoms with Gasteiger partial charge in [0.25, 0.3) is 5.91 Å². The van der Waals surface area contributed by atoms with Gasteiger partial charge in [0.15, 0.2) is 0 Å². The van der Waals surface area contributed by atoms with Gasteiger partial charge in [0.1, 0.15) is 5.82 Å². The van der Waals surface area contributed by atoms with Gasteiger partial charge >= 0.3 is 11.9 Å². The number of carboxylic acid groups (broad SMARTS) is 2. The second-order valence-corrected chi connectivity index (χ2v) is 8.78. The van der Waals surface area contributed by atoms with Crippen LogP contribution in [0.15, 0.2) is 70.0 Å². The van der Waals surface area contributed by atoms with Gasteiger partial charge in [-0.25, -0.2) is 14.0 Å². The van der Waals surface area contributed by atoms with E-state index in [-0.39, 0.29) is 22.6 Å². The number of thioether (sulfide) groups is 1. The molecule has 11 heteroatoms. The van der Waals surface area contributed by atoms with E-state index in [9.17, 15) is 28.7 Å². The quantitative estimate of drug-likeness (QED) is 0.293. The minimum Gasteiger partial charge on any atom is -0.478 e. The van der Waals surface area contributed by atoms with Crippen LogP contribution < -0.4 is 10.6 Å². The largest absolute Gasteiger partial charge is 0.478 e. The summed E-state index contributed by atoms with van der Waals surface area (Å²) in [5.74, 6) is -4.51. The molecule has 0 aliphatic rings. The molecule has 0 aromatic heterocycles. The van der Waals surface area contributed by atoms with Crippen molar-refractivity contribution in [3.63, 3.8) is 0 Å². The number of benzene rings is 3. The minimum absolute atomic E-state index is 0.0211. The van der Waals surface area contributed by atoms with Crippen LogP contribution in [0.3, 0.4) is 0 Å². The van der Waals surface area contributed by atoms with Gasteiger partial charge in [-0.2, -0.15) is 0 Å². The molecule has 3 rings (SSSR count). The van der Waals surface area contributed by atoms with Crippen molar-refractivity contribution < 1.29 is 33.8 Å². The fourth-order valence-electron chi connectivity index (χ4n) is 2.84. The number of carbonyl (C=O) groups is 4. The maximum Gasteiger partial charge on any atom is 0.336 e. The number of amides is 2. The first-order chi connectivity index (χ1) is 16.1. The summed E-state index contributed by atoms with van der Waals surface area (Å²) >= 11 is 4.30. The standard InChI is InChI=1S/C23H16BrFN2O6S/c24-13-5-7-19(18(25)9-13)27-20(28)11-34-15-3-1-2-14(10-15)26-21(29)16-6-4-12(22(30)31)8-17(16)23(32)33/h1-10H,11H2,(H,26,29)(H,27,28)(H,30,31)(H,32,33). The van der Waals surface area contributed by atoms with E-state index in [1.165, 1.54) is 12.1 Å². The van der Waals surface area contributed by atoms with Gasteiger partial charge < -0.3 is 20.8 Å². The molecule has 4 N–H and O–H groups in total. The Morgan fingerprint density at radius 2 is 1.65 bits per heavy atom. The molecule has 0 unspecified atom stereocenters. The summed E-state index contributed by atoms with van der Waals surface area (Å²) in [6, 6.07) is 14.0. The van der Waals surface area contributed by atoms with Crippen molar-refractivity contribution >= 4 is 62.8 Å². The molecule has 0 aliphatic heterocycles. The van der Waals surface area contributed by atoms with Gasteiger partial charge in [-0.05, 0) is 54.6 Å². The number of hydrogen-bond acceptors (Lipinski definition) is 5. The van der Waals surface area contributed by atoms with Gasteiger partial charge in [-0.15, -0.1) is 11.8 Å². The summed E-state index contributed by atoms with van der Waals surface area (Å²) in [6.07, 6.45) is 0. The van der Waals surface area contributed by atoms with E-state index in [0.717, 1.165) is 30.0 Å². The maximum atomic E-state index is 13.9. The Morgan fingerprint density at radius 3 is 2.32 bits per heavy atom. The fraction of sp³-hybridized carbons (Fsp3) is 0.0435. The van der Waals surface area contributed by atoms with Gasteiger partial charge in [-0.3, -0.25) is 9.59 Å². The van der Waals surface area contributed by atoms with Crippen LogP contribution in [-0.4, -0.2) is 39.7 Å². The van der Waals surface area contributed by atoms with Crippen molar-refractivity contribution in [2.75, 3.05) is 16.4 Å². The van der Waals surface area contributed by atoms with Gasteiger partial charge in [0.05, 0.1) is 28.1 Å². The van der Waals surface area contributed by atoms with E-state index < -0.39 is 35.1 Å². The predicted molar refractivity (Wildman–Crippen MR) is 128 cm³/mol. The Kier molecular flexibility index (Phi) is 8.03. The normalized spacial score (nSPS) is 10.4. The number of carbonyl (C=O) groups excluding carboxylic acids is 2. The third-order valence-corrected chi connectivity index (χ3v) is 5.90. The summed E-state index contributed by atoms with van der Waals surface area (Å²) in [5.41, 5.74) is -0.508. The SMILES string of the molecule is O=C(CSc1cccc(NC(=O)c2ccc(C(=O)O)cc2C(=O)O)c1)Nc1ccc(Br)cc1F. The fourth-order valence-corrected chi connectivity index (χ4v) is 3.93. The molecule has 3 aromatic rings. The molecule has 0 saturated heterocycles. The number of aromatic carboxylic acids is 2. The molecule has 2 amide bonds. The van der Waals surface area contributed by atoms with Crippen LogP contribution in [0.5, 0.6) is 0 Å². The van der Waals surface area contributed by atoms with Crippen molar-refractivity contribution in [1.29, 1.82) is 0 Å². The lowest BCUT2D eigenvalue weighted by Crippen LogP contribution is -2.17. The van der Waals surface area contributed by atoms with Crippen LogP contribution in [0.2, 0.25) is 0 Å². The number of hydrogen-bond donors (Lipinski definition) is 4. The Bertz CT molecular complexity index is 1300. The molecule has 0 aliphatic carbocycles. The molecule has 8 nitrogen and oxygen atoms in total. The third-order valence-electron chi connectivity index (χ3n) is 4.41. The summed E-state index contributed by atoms with van der Waals surface area (Å²) in [6.45, 7) is 0. The molecule has 0 radical (unpaired) electrons. The molecule has 0 heterocycles. The van der Waals surface area contributed by atoms with Gasteiger partial charge in [-0.1, -0.05) is 22.0 Å². The van der Waals surface area contributed by atoms with Crippen molar-refractivity contribution in [3.05, 3.63) is 87.6 Å². The van der Waals surface area contributed by atoms with E-state index in [1.54, 1.807) is 30.3 Å². The van der Waals surface area contributed by atoms with Crippen LogP contribution in [0.1, 0.15) is 31.1 Å². The first-order valence-electron chi connectivity index (χ1n) is 9.54. The van der Waals surface area contributed by atoms with Crippen LogP contribution in [-0.2, 0) is 4.79 Å². The average Bonchev–Trinajstić information content (AvgIpc) is 2.79. The summed E-state index contributed by atoms with van der Waals surface area (Å²) < 4.78 is 14.4. The van der Waals surface area contributed by atoms with Crippen LogP contribution in [0, 0.1) is 5.82 Å². The monoisotopic (exact) mass is 546 g/mol. The number of anilines is 2. The molecule has 3 aromatic carbocycles. The first kappa shape index (κ1) is 24.9. The molecule has 0 atom stereocenters. The topological polar surface area (TPSA) is 133 Å². The van der Waals surface area contributed by atoms with E-state index >= 15 is 0 Å². The maximum absolute atomic E-state index is 13.9. The molecule has 34 heavy (non-hydrogen) atoms. The van der Waals surface area contributed by atoms with E-state index in [0.29, 0.717) is 15.1 Å². The van der Waals surface area contributed by atoms with Gasteiger partial charge in [0.2, 0.25) is 5.91 Å². The highest BCUT2D eigenvalue weighted by Gasteiger charge is 2.19. The Morgan fingerprint density at radius 1 is 0.882 bits per heavy atom. The van der Waals surface area contributed by atoms with Crippen molar-refractivity contribution in [3.8, 4) is 0 Å². The lowest BCUT2D eigenvalue weighted by Gasteiger charge is -2.10. The van der Waals surface area contributed by atoms with Crippen LogP contribution in [0.4, 0.5) is 15.8 Å². The predicted octanol–water partition coefficient (Wildman–Crippen LogP) is 4.97. The smallest absolute Gasteiger partial charge is 0.336 e. The molecule has 0 saturated carbocycles. The molecule has 0 fully saturated rings. The van der Waals surface area contributed by atoms with Crippen LogP contribution >= 0.6 is 27.7 Å². The van der Waals surface area contributed by atoms with Crippen molar-refractivity contribution in [1.82, 2.24) is 0 Å². The van der Waals surface area contributed by atoms with Gasteiger partial charge in [0, 0.05) is 15.1 Å². The Balaban J connectivity index is 1.66. The molecule has 174 valence electrons. The second kappa shape index (κ2) is 10.9. The number of carboxylic acids is 2. The molecule has 0 spiro atoms. The summed E-state index contributed by atoms with van der Waals surface area (Å²) in [7, 11) is 0. The highest BCUT2D eigenvalue weighted by molar-refractivity contribution is 9.10. The van der Waals surface area contributed by atoms with Crippen molar-refractivity contribution in [2.24, 2.45) is 0 Å². The highest BCUT2D eigenvalue weighted by atomic mass is 79.9. The number of rotatable bonds is 8. The Hall–Kier alpha value is -3.70. The third kappa shape index (κ3) is 6.42. The van der Waals surface area contributed by atoms with E-state index in [4.69, 9.17) is 5.11 Å². The zero-order valence-electron chi connectivity index (χ0n) is 17.2. The first-order valence-corrected chi connectivity index (χ1v) is 11.3. The summed E-state index contributed by atoms with van der Waals surface area (Å²) in [5, 5.41) is 23.4. The lowest BCUT2D eigenvalue weighted by atomic mass is 10.0. The number of halogens is 2. The average molecular weight is 547 g/mol. The van der Waals surface area contributed by atoms with E-state index in [2.05, 4.69) is 26.6 Å². The zero-order valence-corrected chi connectivity index (χ0v) is 19.6. The number of nitrogens with one attached hydrogen (secondary N) is 2. The summed E-state index contributed by atoms with van der Waals surface area (Å²) in [4.78, 5) is 48.0. The molecular formula is C23H16BrFN2O6S. The minimum atomic E-state index is -1.44. The Labute approximate surface area is 205 Å². The van der Waals surface area contributed by atoms with Crippen molar-refractivity contribution in [2.45, 2.75) is 4.90 Å². The van der Waals surface area contributed by atoms with E-state index in [1.807, 2.05) is 0 Å². The highest BCUT2D eigenvalue weighted by Crippen LogP contribution is 2.24. The lowest BCUT2D eigenvalue weighted by molar-refractivity contribution is -0.113. The zero-order chi connectivity index (χ0) is 24.8. The molecule has 0 bridgehead atoms. The van der Waals surface area contributed by atoms with Crippen LogP contribution in [0.25, 0.3) is 0 Å². The second-order valence-electron chi connectivity index (χ2n) is 6.81.